The monoisotopic (exact) mass is 236 g/mol. The van der Waals surface area contributed by atoms with Gasteiger partial charge in [0.25, 0.3) is 0 Å². The zero-order chi connectivity index (χ0) is 10.6. The Balaban J connectivity index is 0.00000196. The smallest absolute Gasteiger partial charge is 0.239 e. The average Bonchev–Trinajstić information content (AvgIpc) is 2.60. The van der Waals surface area contributed by atoms with E-state index in [1.54, 1.807) is 4.90 Å². The molecule has 0 spiro atoms. The number of halogens is 1. The van der Waals surface area contributed by atoms with Crippen molar-refractivity contribution in [2.24, 2.45) is 0 Å². The zero-order valence-electron chi connectivity index (χ0n) is 9.40. The van der Waals surface area contributed by atoms with Crippen LogP contribution in [0.25, 0.3) is 0 Å². The van der Waals surface area contributed by atoms with E-state index < -0.39 is 0 Å². The van der Waals surface area contributed by atoms with Crippen molar-refractivity contribution in [2.45, 2.75) is 38.3 Å². The zero-order valence-corrected chi connectivity index (χ0v) is 10.2. The lowest BCUT2D eigenvalue weighted by Gasteiger charge is -2.20. The van der Waals surface area contributed by atoms with Gasteiger partial charge in [-0.3, -0.25) is 4.79 Å². The lowest BCUT2D eigenvalue weighted by molar-refractivity contribution is -0.131. The van der Waals surface area contributed by atoms with E-state index in [0.717, 1.165) is 19.4 Å². The first-order chi connectivity index (χ1) is 6.65. The van der Waals surface area contributed by atoms with Crippen LogP contribution in [0.15, 0.2) is 0 Å². The molecular weight excluding hydrogens is 216 g/mol. The van der Waals surface area contributed by atoms with Crippen molar-refractivity contribution >= 4 is 18.3 Å². The van der Waals surface area contributed by atoms with E-state index in [9.17, 15) is 9.90 Å². The third-order valence-corrected chi connectivity index (χ3v) is 2.63. The molecule has 1 saturated heterocycles. The molecule has 1 rings (SSSR count). The number of β-amino-alcohol motifs (C(OH)–C–C–N with tert-alkyl or cyclic N) is 1. The third-order valence-electron chi connectivity index (χ3n) is 2.63. The van der Waals surface area contributed by atoms with Crippen molar-refractivity contribution in [1.82, 2.24) is 10.2 Å². The van der Waals surface area contributed by atoms with E-state index in [1.165, 1.54) is 0 Å². The fourth-order valence-electron chi connectivity index (χ4n) is 1.68. The number of nitrogens with zero attached hydrogens (tertiary/aromatic N) is 1. The van der Waals surface area contributed by atoms with E-state index in [0.29, 0.717) is 13.0 Å². The van der Waals surface area contributed by atoms with Gasteiger partial charge in [-0.1, -0.05) is 13.3 Å². The van der Waals surface area contributed by atoms with Gasteiger partial charge in [-0.15, -0.1) is 12.4 Å². The number of rotatable bonds is 4. The summed E-state index contributed by atoms with van der Waals surface area (Å²) in [6.45, 7) is 3.46. The fraction of sp³-hybridized carbons (Fsp3) is 0.900. The molecule has 5 heteroatoms. The van der Waals surface area contributed by atoms with Gasteiger partial charge < -0.3 is 15.3 Å². The van der Waals surface area contributed by atoms with Crippen molar-refractivity contribution in [3.63, 3.8) is 0 Å². The standard InChI is InChI=1S/C10H20N2O2.ClH/c1-3-4-5-12(2)10(14)9-6-8(13)7-11-9;/h8-9,11,13H,3-7H2,1-2H3;1H. The number of hydrogen-bond donors (Lipinski definition) is 2. The Hall–Kier alpha value is -0.320. The van der Waals surface area contributed by atoms with Crippen molar-refractivity contribution < 1.29 is 9.90 Å². The molecule has 1 heterocycles. The molecule has 0 aromatic carbocycles. The van der Waals surface area contributed by atoms with Crippen molar-refractivity contribution in [2.75, 3.05) is 20.1 Å². The number of hydrogen-bond acceptors (Lipinski definition) is 3. The Kier molecular flexibility index (Phi) is 6.89. The molecule has 2 N–H and O–H groups in total. The second-order valence-corrected chi connectivity index (χ2v) is 3.96. The van der Waals surface area contributed by atoms with Crippen LogP contribution in [0.1, 0.15) is 26.2 Å². The van der Waals surface area contributed by atoms with E-state index in [2.05, 4.69) is 12.2 Å². The minimum absolute atomic E-state index is 0. The highest BCUT2D eigenvalue weighted by molar-refractivity contribution is 5.85. The third kappa shape index (κ3) is 4.36. The second-order valence-electron chi connectivity index (χ2n) is 3.96. The maximum Gasteiger partial charge on any atom is 0.239 e. The predicted molar refractivity (Wildman–Crippen MR) is 62.2 cm³/mol. The fourth-order valence-corrected chi connectivity index (χ4v) is 1.68. The molecular formula is C10H21ClN2O2. The molecule has 0 aromatic rings. The normalized spacial score (nSPS) is 24.7. The lowest BCUT2D eigenvalue weighted by Crippen LogP contribution is -2.41. The van der Waals surface area contributed by atoms with Crippen molar-refractivity contribution in [3.8, 4) is 0 Å². The summed E-state index contributed by atoms with van der Waals surface area (Å²) >= 11 is 0. The molecule has 1 aliphatic heterocycles. The summed E-state index contributed by atoms with van der Waals surface area (Å²) < 4.78 is 0. The highest BCUT2D eigenvalue weighted by Crippen LogP contribution is 2.09. The Morgan fingerprint density at radius 1 is 1.60 bits per heavy atom. The molecule has 15 heavy (non-hydrogen) atoms. The molecule has 0 radical (unpaired) electrons. The number of amides is 1. The SMILES string of the molecule is CCCCN(C)C(=O)C1CC(O)CN1.Cl. The largest absolute Gasteiger partial charge is 0.392 e. The van der Waals surface area contributed by atoms with E-state index in [1.807, 2.05) is 7.05 Å². The summed E-state index contributed by atoms with van der Waals surface area (Å²) in [7, 11) is 1.82. The number of nitrogens with one attached hydrogen (secondary N) is 1. The van der Waals surface area contributed by atoms with Gasteiger partial charge in [0.15, 0.2) is 0 Å². The van der Waals surface area contributed by atoms with Crippen LogP contribution in [0.2, 0.25) is 0 Å². The summed E-state index contributed by atoms with van der Waals surface area (Å²) in [6, 6.07) is -0.174. The first kappa shape index (κ1) is 14.7. The molecule has 0 bridgehead atoms. The maximum atomic E-state index is 11.7. The number of carbonyl (C=O) groups excluding carboxylic acids is 1. The van der Waals surface area contributed by atoms with Crippen molar-refractivity contribution in [3.05, 3.63) is 0 Å². The van der Waals surface area contributed by atoms with E-state index in [4.69, 9.17) is 0 Å². The van der Waals surface area contributed by atoms with Crippen LogP contribution < -0.4 is 5.32 Å². The Labute approximate surface area is 97.4 Å². The second kappa shape index (κ2) is 7.04. The molecule has 2 atom stereocenters. The Morgan fingerprint density at radius 2 is 2.27 bits per heavy atom. The molecule has 0 aliphatic carbocycles. The highest BCUT2D eigenvalue weighted by atomic mass is 35.5. The molecule has 1 fully saturated rings. The van der Waals surface area contributed by atoms with Gasteiger partial charge in [0, 0.05) is 20.1 Å². The molecule has 0 saturated carbocycles. The topological polar surface area (TPSA) is 52.6 Å². The van der Waals surface area contributed by atoms with Gasteiger partial charge in [0.05, 0.1) is 12.1 Å². The Bertz CT molecular complexity index is 202. The first-order valence-corrected chi connectivity index (χ1v) is 5.31. The number of unbranched alkanes of at least 4 members (excludes halogenated alkanes) is 1. The van der Waals surface area contributed by atoms with Gasteiger partial charge in [0.2, 0.25) is 5.91 Å². The number of likely N-dealkylation sites (N-methyl/N-ethyl adjacent to an activating group) is 1. The van der Waals surface area contributed by atoms with Gasteiger partial charge in [-0.25, -0.2) is 0 Å². The van der Waals surface area contributed by atoms with Crippen LogP contribution >= 0.6 is 12.4 Å². The number of carbonyl (C=O) groups is 1. The van der Waals surface area contributed by atoms with E-state index >= 15 is 0 Å². The maximum absolute atomic E-state index is 11.7. The van der Waals surface area contributed by atoms with Gasteiger partial charge >= 0.3 is 0 Å². The van der Waals surface area contributed by atoms with Crippen LogP contribution in [0.5, 0.6) is 0 Å². The summed E-state index contributed by atoms with van der Waals surface area (Å²) in [6.07, 6.45) is 2.33. The molecule has 0 aromatic heterocycles. The van der Waals surface area contributed by atoms with Gasteiger partial charge in [-0.05, 0) is 12.8 Å². The predicted octanol–water partition coefficient (Wildman–Crippen LogP) is 0.389. The number of aliphatic hydroxyl groups is 1. The van der Waals surface area contributed by atoms with Gasteiger partial charge in [0.1, 0.15) is 0 Å². The van der Waals surface area contributed by atoms with Crippen LogP contribution in [0.4, 0.5) is 0 Å². The van der Waals surface area contributed by atoms with Crippen LogP contribution in [-0.2, 0) is 4.79 Å². The highest BCUT2D eigenvalue weighted by Gasteiger charge is 2.29. The summed E-state index contributed by atoms with van der Waals surface area (Å²) in [5.74, 6) is 0.106. The molecule has 1 amide bonds. The lowest BCUT2D eigenvalue weighted by atomic mass is 10.2. The van der Waals surface area contributed by atoms with Crippen LogP contribution in [0.3, 0.4) is 0 Å². The minimum atomic E-state index is -0.358. The molecule has 90 valence electrons. The summed E-state index contributed by atoms with van der Waals surface area (Å²) in [5.41, 5.74) is 0. The van der Waals surface area contributed by atoms with E-state index in [-0.39, 0.29) is 30.5 Å². The number of aliphatic hydroxyl groups excluding tert-OH is 1. The quantitative estimate of drug-likeness (QED) is 0.743. The summed E-state index contributed by atoms with van der Waals surface area (Å²) in [5, 5.41) is 12.3. The summed E-state index contributed by atoms with van der Waals surface area (Å²) in [4.78, 5) is 13.5. The minimum Gasteiger partial charge on any atom is -0.392 e. The van der Waals surface area contributed by atoms with Gasteiger partial charge in [-0.2, -0.15) is 0 Å². The molecule has 1 aliphatic rings. The first-order valence-electron chi connectivity index (χ1n) is 5.31. The molecule has 2 unspecified atom stereocenters. The molecule has 4 nitrogen and oxygen atoms in total. The average molecular weight is 237 g/mol. The van der Waals surface area contributed by atoms with Crippen LogP contribution in [0, 0.1) is 0 Å². The van der Waals surface area contributed by atoms with Crippen molar-refractivity contribution in [1.29, 1.82) is 0 Å². The Morgan fingerprint density at radius 3 is 2.73 bits per heavy atom. The van der Waals surface area contributed by atoms with Crippen LogP contribution in [-0.4, -0.2) is 48.2 Å².